The van der Waals surface area contributed by atoms with Crippen molar-refractivity contribution in [3.05, 3.63) is 58.5 Å². The van der Waals surface area contributed by atoms with Crippen molar-refractivity contribution in [1.29, 1.82) is 0 Å². The molecule has 4 rings (SSSR count). The first kappa shape index (κ1) is 17.5. The number of para-hydroxylation sites is 1. The normalized spacial score (nSPS) is 14.2. The zero-order chi connectivity index (χ0) is 19.0. The van der Waals surface area contributed by atoms with Crippen molar-refractivity contribution in [3.63, 3.8) is 0 Å². The molecular formula is C21H23N5O. The number of carbonyl (C=O) groups is 1. The summed E-state index contributed by atoms with van der Waals surface area (Å²) in [6, 6.07) is 9.72. The molecular weight excluding hydrogens is 338 g/mol. The van der Waals surface area contributed by atoms with Gasteiger partial charge in [-0.3, -0.25) is 20.0 Å². The third-order valence-electron chi connectivity index (χ3n) is 5.01. The number of rotatable bonds is 3. The van der Waals surface area contributed by atoms with Crippen molar-refractivity contribution in [2.45, 2.75) is 33.7 Å². The Hall–Kier alpha value is -2.86. The molecule has 1 amide bonds. The van der Waals surface area contributed by atoms with Gasteiger partial charge in [-0.25, -0.2) is 9.97 Å². The van der Waals surface area contributed by atoms with Crippen LogP contribution in [0.25, 0.3) is 10.9 Å². The summed E-state index contributed by atoms with van der Waals surface area (Å²) in [7, 11) is 0. The molecule has 0 spiro atoms. The summed E-state index contributed by atoms with van der Waals surface area (Å²) >= 11 is 0. The molecule has 0 aliphatic carbocycles. The fraction of sp³-hybridized carbons (Fsp3) is 0.333. The lowest BCUT2D eigenvalue weighted by atomic mass is 9.95. The average Bonchev–Trinajstić information content (AvgIpc) is 2.64. The molecule has 0 fully saturated rings. The van der Waals surface area contributed by atoms with E-state index < -0.39 is 0 Å². The van der Waals surface area contributed by atoms with Crippen LogP contribution in [0.5, 0.6) is 0 Å². The van der Waals surface area contributed by atoms with Crippen LogP contribution in [0.2, 0.25) is 0 Å². The number of carbonyl (C=O) groups excluding carboxylic acids is 1. The van der Waals surface area contributed by atoms with Gasteiger partial charge in [-0.1, -0.05) is 25.1 Å². The molecule has 138 valence electrons. The number of nitrogens with zero attached hydrogens (tertiary/aromatic N) is 4. The highest BCUT2D eigenvalue weighted by Gasteiger charge is 2.25. The zero-order valence-corrected chi connectivity index (χ0v) is 15.9. The van der Waals surface area contributed by atoms with E-state index in [0.29, 0.717) is 11.5 Å². The molecule has 0 saturated heterocycles. The quantitative estimate of drug-likeness (QED) is 0.775. The van der Waals surface area contributed by atoms with Crippen LogP contribution in [0.1, 0.15) is 39.9 Å². The third-order valence-corrected chi connectivity index (χ3v) is 5.01. The Morgan fingerprint density at radius 3 is 2.63 bits per heavy atom. The number of amides is 1. The Kier molecular flexibility index (Phi) is 4.58. The fourth-order valence-corrected chi connectivity index (χ4v) is 3.72. The number of anilines is 1. The fourth-order valence-electron chi connectivity index (χ4n) is 3.72. The van der Waals surface area contributed by atoms with Crippen LogP contribution >= 0.6 is 0 Å². The van der Waals surface area contributed by atoms with Crippen molar-refractivity contribution in [2.24, 2.45) is 0 Å². The number of nitrogens with one attached hydrogen (secondary N) is 1. The number of benzene rings is 1. The van der Waals surface area contributed by atoms with Crippen LogP contribution in [0.4, 0.5) is 5.95 Å². The molecule has 3 heterocycles. The SMILES string of the molecule is CCN1CCc2nc3ccccc3c(C(=O)Nc3nc(C)cc(C)n3)c2C1. The molecule has 3 aromatic rings. The lowest BCUT2D eigenvalue weighted by Gasteiger charge is -2.29. The molecule has 0 saturated carbocycles. The zero-order valence-electron chi connectivity index (χ0n) is 15.9. The average molecular weight is 361 g/mol. The standard InChI is InChI=1S/C21H23N5O/c1-4-26-10-9-18-16(12-26)19(15-7-5-6-8-17(15)24-18)20(27)25-21-22-13(2)11-14(3)23-21/h5-8,11H,4,9-10,12H2,1-3H3,(H,22,23,25,27). The van der Waals surface area contributed by atoms with E-state index in [1.165, 1.54) is 0 Å². The van der Waals surface area contributed by atoms with Gasteiger partial charge in [0.1, 0.15) is 0 Å². The highest BCUT2D eigenvalue weighted by atomic mass is 16.1. The summed E-state index contributed by atoms with van der Waals surface area (Å²) in [5.41, 5.74) is 5.24. The summed E-state index contributed by atoms with van der Waals surface area (Å²) in [6.07, 6.45) is 0.855. The molecule has 1 N–H and O–H groups in total. The second-order valence-corrected chi connectivity index (χ2v) is 6.98. The number of hydrogen-bond donors (Lipinski definition) is 1. The molecule has 1 aliphatic rings. The Morgan fingerprint density at radius 1 is 1.15 bits per heavy atom. The van der Waals surface area contributed by atoms with E-state index in [-0.39, 0.29) is 5.91 Å². The van der Waals surface area contributed by atoms with Crippen molar-refractivity contribution >= 4 is 22.8 Å². The minimum atomic E-state index is -0.173. The Bertz CT molecular complexity index is 1010. The van der Waals surface area contributed by atoms with E-state index in [1.807, 2.05) is 44.2 Å². The molecule has 0 unspecified atom stereocenters. The van der Waals surface area contributed by atoms with Gasteiger partial charge in [0.2, 0.25) is 5.95 Å². The summed E-state index contributed by atoms with van der Waals surface area (Å²) in [4.78, 5) is 29.1. The van der Waals surface area contributed by atoms with Crippen molar-refractivity contribution in [2.75, 3.05) is 18.4 Å². The van der Waals surface area contributed by atoms with Crippen molar-refractivity contribution in [1.82, 2.24) is 19.9 Å². The van der Waals surface area contributed by atoms with Gasteiger partial charge in [-0.2, -0.15) is 0 Å². The molecule has 0 atom stereocenters. The number of likely N-dealkylation sites (N-methyl/N-ethyl adjacent to an activating group) is 1. The maximum Gasteiger partial charge on any atom is 0.259 e. The molecule has 0 bridgehead atoms. The molecule has 0 radical (unpaired) electrons. The monoisotopic (exact) mass is 361 g/mol. The molecule has 6 heteroatoms. The van der Waals surface area contributed by atoms with Crippen molar-refractivity contribution < 1.29 is 4.79 Å². The van der Waals surface area contributed by atoms with Crippen LogP contribution in [0.3, 0.4) is 0 Å². The van der Waals surface area contributed by atoms with Crippen LogP contribution < -0.4 is 5.32 Å². The first-order chi connectivity index (χ1) is 13.0. The second kappa shape index (κ2) is 7.04. The molecule has 2 aromatic heterocycles. The topological polar surface area (TPSA) is 71.0 Å². The molecule has 6 nitrogen and oxygen atoms in total. The lowest BCUT2D eigenvalue weighted by molar-refractivity contribution is 0.102. The Labute approximate surface area is 158 Å². The molecule has 1 aromatic carbocycles. The number of hydrogen-bond acceptors (Lipinski definition) is 5. The third kappa shape index (κ3) is 3.40. The molecule has 27 heavy (non-hydrogen) atoms. The predicted molar refractivity (Wildman–Crippen MR) is 106 cm³/mol. The summed E-state index contributed by atoms with van der Waals surface area (Å²) in [5.74, 6) is 0.170. The number of fused-ring (bicyclic) bond motifs is 2. The highest BCUT2D eigenvalue weighted by molar-refractivity contribution is 6.13. The second-order valence-electron chi connectivity index (χ2n) is 6.98. The van der Waals surface area contributed by atoms with Crippen LogP contribution in [0.15, 0.2) is 30.3 Å². The van der Waals surface area contributed by atoms with Gasteiger partial charge in [0, 0.05) is 47.5 Å². The first-order valence-corrected chi connectivity index (χ1v) is 9.31. The van der Waals surface area contributed by atoms with E-state index in [0.717, 1.165) is 59.6 Å². The summed E-state index contributed by atoms with van der Waals surface area (Å²) < 4.78 is 0. The van der Waals surface area contributed by atoms with Crippen LogP contribution in [-0.2, 0) is 13.0 Å². The Balaban J connectivity index is 1.82. The van der Waals surface area contributed by atoms with E-state index in [9.17, 15) is 4.79 Å². The van der Waals surface area contributed by atoms with Crippen molar-refractivity contribution in [3.8, 4) is 0 Å². The van der Waals surface area contributed by atoms with Gasteiger partial charge in [0.05, 0.1) is 11.1 Å². The number of aryl methyl sites for hydroxylation is 2. The van der Waals surface area contributed by atoms with E-state index >= 15 is 0 Å². The highest BCUT2D eigenvalue weighted by Crippen LogP contribution is 2.28. The molecule has 1 aliphatic heterocycles. The summed E-state index contributed by atoms with van der Waals surface area (Å²) in [6.45, 7) is 8.59. The van der Waals surface area contributed by atoms with Gasteiger partial charge >= 0.3 is 0 Å². The van der Waals surface area contributed by atoms with Gasteiger partial charge < -0.3 is 0 Å². The van der Waals surface area contributed by atoms with Crippen LogP contribution in [0, 0.1) is 13.8 Å². The predicted octanol–water partition coefficient (Wildman–Crippen LogP) is 3.27. The maximum atomic E-state index is 13.3. The lowest BCUT2D eigenvalue weighted by Crippen LogP contribution is -2.33. The van der Waals surface area contributed by atoms with Crippen LogP contribution in [-0.4, -0.2) is 38.8 Å². The first-order valence-electron chi connectivity index (χ1n) is 9.31. The maximum absolute atomic E-state index is 13.3. The van der Waals surface area contributed by atoms with Gasteiger partial charge in [-0.05, 0) is 32.5 Å². The minimum Gasteiger partial charge on any atom is -0.299 e. The van der Waals surface area contributed by atoms with Gasteiger partial charge in [-0.15, -0.1) is 0 Å². The number of pyridine rings is 1. The Morgan fingerprint density at radius 2 is 1.89 bits per heavy atom. The summed E-state index contributed by atoms with van der Waals surface area (Å²) in [5, 5.41) is 3.78. The van der Waals surface area contributed by atoms with E-state index in [2.05, 4.69) is 27.1 Å². The number of aromatic nitrogens is 3. The van der Waals surface area contributed by atoms with Gasteiger partial charge in [0.15, 0.2) is 0 Å². The largest absolute Gasteiger partial charge is 0.299 e. The minimum absolute atomic E-state index is 0.173. The van der Waals surface area contributed by atoms with E-state index in [1.54, 1.807) is 0 Å². The van der Waals surface area contributed by atoms with Gasteiger partial charge in [0.25, 0.3) is 5.91 Å². The van der Waals surface area contributed by atoms with E-state index in [4.69, 9.17) is 4.98 Å². The smallest absolute Gasteiger partial charge is 0.259 e.